The van der Waals surface area contributed by atoms with Crippen molar-refractivity contribution in [2.24, 2.45) is 0 Å². The molecule has 3 aliphatic rings. The van der Waals surface area contributed by atoms with E-state index >= 15 is 0 Å². The van der Waals surface area contributed by atoms with Gasteiger partial charge in [-0.1, -0.05) is 82.3 Å². The summed E-state index contributed by atoms with van der Waals surface area (Å²) in [6, 6.07) is 19.2. The molecule has 0 bridgehead atoms. The fraction of sp³-hybridized carbons (Fsp3) is 0.494. The van der Waals surface area contributed by atoms with E-state index in [1.54, 1.807) is 32.4 Å². The molecule has 31 heteroatoms. The number of halogens is 6. The number of rotatable bonds is 24. The second-order valence-corrected chi connectivity index (χ2v) is 50.1. The number of carbonyl (C=O) groups is 2. The molecule has 0 saturated carbocycles. The first-order valence-corrected chi connectivity index (χ1v) is 52.4. The van der Waals surface area contributed by atoms with E-state index in [0.29, 0.717) is 25.5 Å². The van der Waals surface area contributed by atoms with Crippen LogP contribution in [0.1, 0.15) is 149 Å². The smallest absolute Gasteiger partial charge is 0.339 e. The van der Waals surface area contributed by atoms with Crippen LogP contribution in [0.4, 0.5) is 17.5 Å². The summed E-state index contributed by atoms with van der Waals surface area (Å²) >= 11 is 33.0. The van der Waals surface area contributed by atoms with Gasteiger partial charge in [-0.3, -0.25) is 15.0 Å². The number of unbranched alkanes of at least 4 members (excludes halogenated alkanes) is 3. The Kier molecular flexibility index (Phi) is 37.2. The van der Waals surface area contributed by atoms with Crippen LogP contribution in [-0.4, -0.2) is 219 Å². The van der Waals surface area contributed by atoms with Crippen molar-refractivity contribution in [1.29, 1.82) is 0 Å². The maximum Gasteiger partial charge on any atom is 0.339 e. The molecule has 0 N–H and O–H groups in total. The average molecular weight is 1920 g/mol. The third-order valence-corrected chi connectivity index (χ3v) is 39.0. The molecule has 3 saturated heterocycles. The van der Waals surface area contributed by atoms with Gasteiger partial charge in [-0.2, -0.15) is 0 Å². The number of fused-ring (bicyclic) bond motifs is 2. The molecule has 6 aromatic heterocycles. The average Bonchev–Trinajstić information content (AvgIpc) is 1.54. The van der Waals surface area contributed by atoms with Gasteiger partial charge in [0.15, 0.2) is 16.1 Å². The van der Waals surface area contributed by atoms with Gasteiger partial charge in [0, 0.05) is 84.7 Å². The number of likely N-dealkylation sites (N-methyl/N-ethyl adjacent to an activating group) is 3. The Morgan fingerprint density at radius 2 is 0.831 bits per heavy atom. The zero-order chi connectivity index (χ0) is 85.4. The van der Waals surface area contributed by atoms with Crippen molar-refractivity contribution in [2.75, 3.05) is 128 Å². The molecule has 4 aromatic carbocycles. The van der Waals surface area contributed by atoms with Gasteiger partial charge in [0.05, 0.1) is 82.0 Å². The first-order chi connectivity index (χ1) is 56.3. The molecule has 2 atom stereocenters. The van der Waals surface area contributed by atoms with E-state index < -0.39 is 53.7 Å². The molecule has 0 spiro atoms. The minimum Gasteiger partial charge on any atom is -0.464 e. The molecule has 3 fully saturated rings. The standard InChI is InChI=1S/C31H36ClN5O3S.C22H23BrClNO3S.C9H13ClN4.C9H13N4.C4H2Cl2N2.3C4H9.Sn/c1-7-39-30(38)27(40-31(3,4)5)25-19(2)16-22-28(26(25)20-8-10-21(32)11-9-20)41-29(35-22)23-17-33-18-24(34-23)37-14-12-36(6)13-15-37;1-6-27-20(26)18(28-22(3,4)5)16-12(2)11-15-19(29-21(23)25-15)17(16)13-7-9-14(24)10-8-13;1-13-2-4-14(5-3-13)9-7-11-6-8(10)12-9;1-12-4-6-13(7-5-12)9-8-10-2-3-11-9;5-3-1-7-2-4(6)8-3;3*1-3-4-2;/h8-11,16-18,27H,7,12-15H2,1-6H3;7-11,18H,6H2,1-5H3;6-7H,2-5H2,1H3;2,8H,4-7H2,1H3;1-2H;3*1,3-4H2,2H3;/t27-;18-;;;;;;;/m00......./s1. The quantitative estimate of drug-likeness (QED) is 0.0405. The van der Waals surface area contributed by atoms with Crippen LogP contribution < -0.4 is 18.4 Å². The van der Waals surface area contributed by atoms with Gasteiger partial charge in [0.2, 0.25) is 0 Å². The normalized spacial score (nSPS) is 14.9. The zero-order valence-corrected chi connectivity index (χ0v) is 80.9. The van der Waals surface area contributed by atoms with Crippen molar-refractivity contribution < 1.29 is 28.5 Å². The van der Waals surface area contributed by atoms with Crippen LogP contribution in [-0.2, 0) is 28.5 Å². The minimum absolute atomic E-state index is 0.257. The molecule has 3 aliphatic heterocycles. The van der Waals surface area contributed by atoms with E-state index in [2.05, 4.69) is 123 Å². The number of aromatic nitrogens is 10. The summed E-state index contributed by atoms with van der Waals surface area (Å²) < 4.78 is 32.1. The number of carbonyl (C=O) groups excluding carboxylic acids is 2. The SMILES string of the molecule is CCC[CH2][Sn]([CH2]CCC)([CH2]CCC)[c]1cncc(N2CCN(C)CC2)n1.CCOC(=O)[C@@H](OC(C)(C)C)c1c(C)cc2nc(-c3cncc(N4CCN(C)CC4)n3)sc2c1-c1ccc(Cl)cc1.CCOC(=O)[C@@H](OC(C)(C)C)c1c(C)cc2nc(Br)sc2c1-c1ccc(Cl)cc1.CN1CCN(c2cncc(Cl)n2)CC1.Clc1cncc(Cl)n1. The molecule has 636 valence electrons. The second kappa shape index (κ2) is 45.8. The van der Waals surface area contributed by atoms with Crippen molar-refractivity contribution in [1.82, 2.24) is 64.5 Å². The number of thiazole rings is 2. The fourth-order valence-corrected chi connectivity index (χ4v) is 32.7. The molecule has 0 radical (unpaired) electrons. The van der Waals surface area contributed by atoms with Gasteiger partial charge in [0.1, 0.15) is 37.8 Å². The van der Waals surface area contributed by atoms with Crippen LogP contribution in [0.3, 0.4) is 0 Å². The number of ether oxygens (including phenoxy) is 4. The minimum atomic E-state index is -2.46. The van der Waals surface area contributed by atoms with Crippen molar-refractivity contribution in [2.45, 2.75) is 165 Å². The maximum absolute atomic E-state index is 13.4. The Hall–Kier alpha value is -6.15. The molecule has 9 heterocycles. The zero-order valence-electron chi connectivity index (χ0n) is 71.0. The third kappa shape index (κ3) is 27.7. The summed E-state index contributed by atoms with van der Waals surface area (Å²) in [7, 11) is 6.47. The van der Waals surface area contributed by atoms with Gasteiger partial charge >= 0.3 is 178 Å². The Labute approximate surface area is 742 Å². The summed E-state index contributed by atoms with van der Waals surface area (Å²) in [5.74, 6) is 2.05. The van der Waals surface area contributed by atoms with Crippen LogP contribution >= 0.6 is 96.6 Å². The van der Waals surface area contributed by atoms with Crippen LogP contribution in [0.25, 0.3) is 53.4 Å². The van der Waals surface area contributed by atoms with E-state index in [9.17, 15) is 9.59 Å². The van der Waals surface area contributed by atoms with Gasteiger partial charge < -0.3 is 38.5 Å². The number of anilines is 3. The summed E-state index contributed by atoms with van der Waals surface area (Å²) in [4.78, 5) is 84.9. The summed E-state index contributed by atoms with van der Waals surface area (Å²) in [6.45, 7) is 39.0. The van der Waals surface area contributed by atoms with E-state index in [1.807, 2.05) is 128 Å². The van der Waals surface area contributed by atoms with Crippen LogP contribution in [0, 0.1) is 13.8 Å². The van der Waals surface area contributed by atoms with Crippen molar-refractivity contribution >= 4 is 169 Å². The van der Waals surface area contributed by atoms with Crippen molar-refractivity contribution in [3.63, 3.8) is 0 Å². The van der Waals surface area contributed by atoms with Crippen molar-refractivity contribution in [3.8, 4) is 33.0 Å². The van der Waals surface area contributed by atoms with Gasteiger partial charge in [0.25, 0.3) is 0 Å². The van der Waals surface area contributed by atoms with E-state index in [1.165, 1.54) is 90.6 Å². The number of aryl methyl sites for hydroxylation is 2. The first kappa shape index (κ1) is 95.7. The predicted octanol–water partition coefficient (Wildman–Crippen LogP) is 20.6. The summed E-state index contributed by atoms with van der Waals surface area (Å²) in [5.41, 5.74) is 8.31. The number of esters is 2. The number of benzene rings is 4. The molecular weight excluding hydrogens is 1810 g/mol. The largest absolute Gasteiger partial charge is 0.464 e. The predicted molar refractivity (Wildman–Crippen MR) is 494 cm³/mol. The monoisotopic (exact) mass is 1920 g/mol. The van der Waals surface area contributed by atoms with Crippen LogP contribution in [0.5, 0.6) is 0 Å². The summed E-state index contributed by atoms with van der Waals surface area (Å²) in [6.07, 6.45) is 20.2. The molecule has 118 heavy (non-hydrogen) atoms. The van der Waals surface area contributed by atoms with Crippen molar-refractivity contribution in [3.05, 3.63) is 162 Å². The van der Waals surface area contributed by atoms with E-state index in [4.69, 9.17) is 96.9 Å². The van der Waals surface area contributed by atoms with E-state index in [0.717, 1.165) is 176 Å². The summed E-state index contributed by atoms with van der Waals surface area (Å²) in [5, 5.41) is 3.14. The molecule has 22 nitrogen and oxygen atoms in total. The van der Waals surface area contributed by atoms with Gasteiger partial charge in [-0.25, -0.2) is 34.5 Å². The Bertz CT molecular complexity index is 4830. The number of hydrogen-bond donors (Lipinski definition) is 0. The Balaban J connectivity index is 0.000000182. The maximum atomic E-state index is 13.4. The first-order valence-electron chi connectivity index (χ1n) is 40.6. The van der Waals surface area contributed by atoms with Crippen LogP contribution in [0.15, 0.2) is 114 Å². The number of hydrogen-bond acceptors (Lipinski definition) is 24. The number of piperazine rings is 3. The molecule has 13 rings (SSSR count). The molecule has 0 amide bonds. The molecular formula is C87H114BrCl5N16O6S2Sn. The third-order valence-electron chi connectivity index (χ3n) is 20.2. The van der Waals surface area contributed by atoms with Gasteiger partial charge in [-0.05, 0) is 158 Å². The van der Waals surface area contributed by atoms with E-state index in [-0.39, 0.29) is 13.2 Å². The molecule has 10 aromatic rings. The molecule has 0 unspecified atom stereocenters. The Morgan fingerprint density at radius 1 is 0.466 bits per heavy atom. The van der Waals surface area contributed by atoms with Gasteiger partial charge in [-0.15, -0.1) is 22.7 Å². The van der Waals surface area contributed by atoms with Crippen LogP contribution in [0.2, 0.25) is 38.8 Å². The fourth-order valence-electron chi connectivity index (χ4n) is 14.2. The topological polar surface area (TPSA) is 219 Å². The Morgan fingerprint density at radius 3 is 1.21 bits per heavy atom. The second-order valence-electron chi connectivity index (χ2n) is 31.7. The molecule has 0 aliphatic carbocycles. The number of nitrogens with zero attached hydrogens (tertiary/aromatic N) is 16.